The van der Waals surface area contributed by atoms with Gasteiger partial charge in [-0.25, -0.2) is 4.79 Å². The molecular weight excluding hydrogens is 270 g/mol. The van der Waals surface area contributed by atoms with E-state index in [0.29, 0.717) is 5.69 Å². The normalized spacial score (nSPS) is 9.67. The minimum absolute atomic E-state index is 0.0958. The van der Waals surface area contributed by atoms with Crippen LogP contribution in [0.1, 0.15) is 10.5 Å². The SMILES string of the molecule is C#CCNC(=O)COC(=O)c1cc(-c2ccccc2)n[nH]1. The predicted octanol–water partition coefficient (Wildman–Crippen LogP) is 0.983. The quantitative estimate of drug-likeness (QED) is 0.633. The highest BCUT2D eigenvalue weighted by molar-refractivity contribution is 5.90. The Labute approximate surface area is 121 Å². The third kappa shape index (κ3) is 3.94. The Morgan fingerprint density at radius 3 is 2.81 bits per heavy atom. The summed E-state index contributed by atoms with van der Waals surface area (Å²) in [5.41, 5.74) is 1.68. The lowest BCUT2D eigenvalue weighted by Crippen LogP contribution is -2.29. The molecule has 2 aromatic rings. The predicted molar refractivity (Wildman–Crippen MR) is 76.1 cm³/mol. The molecule has 1 heterocycles. The molecule has 0 bridgehead atoms. The number of nitrogens with one attached hydrogen (secondary N) is 2. The van der Waals surface area contributed by atoms with Crippen molar-refractivity contribution in [2.75, 3.05) is 13.2 Å². The highest BCUT2D eigenvalue weighted by Gasteiger charge is 2.13. The molecule has 0 spiro atoms. The first-order valence-electron chi connectivity index (χ1n) is 6.19. The Hall–Kier alpha value is -3.07. The molecule has 0 saturated carbocycles. The average Bonchev–Trinajstić information content (AvgIpc) is 3.01. The third-order valence-corrected chi connectivity index (χ3v) is 2.59. The lowest BCUT2D eigenvalue weighted by molar-refractivity contribution is -0.123. The number of ether oxygens (including phenoxy) is 1. The van der Waals surface area contributed by atoms with Crippen molar-refractivity contribution in [3.8, 4) is 23.6 Å². The molecule has 0 aliphatic carbocycles. The molecule has 0 saturated heterocycles. The summed E-state index contributed by atoms with van der Waals surface area (Å²) in [6.07, 6.45) is 5.00. The number of amides is 1. The van der Waals surface area contributed by atoms with Gasteiger partial charge in [-0.3, -0.25) is 9.89 Å². The van der Waals surface area contributed by atoms with Crippen LogP contribution in [-0.2, 0) is 9.53 Å². The monoisotopic (exact) mass is 283 g/mol. The largest absolute Gasteiger partial charge is 0.451 e. The van der Waals surface area contributed by atoms with Crippen LogP contribution in [0.5, 0.6) is 0 Å². The standard InChI is InChI=1S/C15H13N3O3/c1-2-8-16-14(19)10-21-15(20)13-9-12(17-18-13)11-6-4-3-5-7-11/h1,3-7,9H,8,10H2,(H,16,19)(H,17,18). The molecule has 1 aromatic carbocycles. The number of aromatic nitrogens is 2. The zero-order chi connectivity index (χ0) is 15.1. The zero-order valence-electron chi connectivity index (χ0n) is 11.1. The lowest BCUT2D eigenvalue weighted by atomic mass is 10.1. The van der Waals surface area contributed by atoms with Gasteiger partial charge in [-0.15, -0.1) is 6.42 Å². The first kappa shape index (κ1) is 14.3. The van der Waals surface area contributed by atoms with Crippen LogP contribution in [0.25, 0.3) is 11.3 Å². The number of rotatable bonds is 5. The van der Waals surface area contributed by atoms with Gasteiger partial charge in [0.05, 0.1) is 12.2 Å². The Morgan fingerprint density at radius 1 is 1.33 bits per heavy atom. The maximum Gasteiger partial charge on any atom is 0.356 e. The van der Waals surface area contributed by atoms with Crippen molar-refractivity contribution >= 4 is 11.9 Å². The Balaban J connectivity index is 1.94. The van der Waals surface area contributed by atoms with E-state index in [4.69, 9.17) is 11.2 Å². The number of esters is 1. The highest BCUT2D eigenvalue weighted by Crippen LogP contribution is 2.17. The van der Waals surface area contributed by atoms with Gasteiger partial charge in [-0.05, 0) is 6.07 Å². The summed E-state index contributed by atoms with van der Waals surface area (Å²) in [5.74, 6) is 1.14. The van der Waals surface area contributed by atoms with Crippen molar-refractivity contribution in [2.24, 2.45) is 0 Å². The van der Waals surface area contributed by atoms with E-state index in [1.807, 2.05) is 30.3 Å². The van der Waals surface area contributed by atoms with E-state index in [0.717, 1.165) is 5.56 Å². The number of aromatic amines is 1. The second-order valence-electron chi connectivity index (χ2n) is 4.09. The lowest BCUT2D eigenvalue weighted by Gasteiger charge is -2.02. The summed E-state index contributed by atoms with van der Waals surface area (Å²) < 4.78 is 4.85. The van der Waals surface area contributed by atoms with E-state index in [2.05, 4.69) is 21.4 Å². The summed E-state index contributed by atoms with van der Waals surface area (Å²) in [4.78, 5) is 23.0. The van der Waals surface area contributed by atoms with Crippen molar-refractivity contribution in [1.29, 1.82) is 0 Å². The number of hydrogen-bond donors (Lipinski definition) is 2. The van der Waals surface area contributed by atoms with Crippen LogP contribution >= 0.6 is 0 Å². The molecule has 6 heteroatoms. The molecule has 21 heavy (non-hydrogen) atoms. The molecule has 2 rings (SSSR count). The molecule has 1 amide bonds. The fourth-order valence-electron chi connectivity index (χ4n) is 1.59. The van der Waals surface area contributed by atoms with Crippen molar-refractivity contribution in [3.63, 3.8) is 0 Å². The zero-order valence-corrected chi connectivity index (χ0v) is 11.1. The fourth-order valence-corrected chi connectivity index (χ4v) is 1.59. The van der Waals surface area contributed by atoms with Crippen LogP contribution in [0.2, 0.25) is 0 Å². The van der Waals surface area contributed by atoms with Crippen molar-refractivity contribution in [2.45, 2.75) is 0 Å². The summed E-state index contributed by atoms with van der Waals surface area (Å²) in [5, 5.41) is 9.01. The topological polar surface area (TPSA) is 84.1 Å². The number of nitrogens with zero attached hydrogens (tertiary/aromatic N) is 1. The summed E-state index contributed by atoms with van der Waals surface area (Å²) in [6.45, 7) is -0.293. The van der Waals surface area contributed by atoms with Crippen LogP contribution in [0.3, 0.4) is 0 Å². The number of terminal acetylenes is 1. The van der Waals surface area contributed by atoms with Gasteiger partial charge in [0.2, 0.25) is 0 Å². The smallest absolute Gasteiger partial charge is 0.356 e. The first-order chi connectivity index (χ1) is 10.2. The third-order valence-electron chi connectivity index (χ3n) is 2.59. The van der Waals surface area contributed by atoms with Crippen LogP contribution in [0.4, 0.5) is 0 Å². The van der Waals surface area contributed by atoms with Gasteiger partial charge >= 0.3 is 5.97 Å². The molecule has 106 valence electrons. The fraction of sp³-hybridized carbons (Fsp3) is 0.133. The molecule has 1 aromatic heterocycles. The highest BCUT2D eigenvalue weighted by atomic mass is 16.5. The summed E-state index contributed by atoms with van der Waals surface area (Å²) >= 11 is 0. The Morgan fingerprint density at radius 2 is 2.10 bits per heavy atom. The molecule has 6 nitrogen and oxygen atoms in total. The molecule has 0 unspecified atom stereocenters. The minimum Gasteiger partial charge on any atom is -0.451 e. The number of carbonyl (C=O) groups is 2. The van der Waals surface area contributed by atoms with E-state index >= 15 is 0 Å². The Bertz CT molecular complexity index is 671. The molecule has 0 atom stereocenters. The number of benzene rings is 1. The molecule has 2 N–H and O–H groups in total. The van der Waals surface area contributed by atoms with Gasteiger partial charge in [-0.2, -0.15) is 5.10 Å². The average molecular weight is 283 g/mol. The van der Waals surface area contributed by atoms with Crippen LogP contribution < -0.4 is 5.32 Å². The van der Waals surface area contributed by atoms with Crippen LogP contribution in [0.15, 0.2) is 36.4 Å². The van der Waals surface area contributed by atoms with Gasteiger partial charge in [0.1, 0.15) is 5.69 Å². The van der Waals surface area contributed by atoms with Crippen LogP contribution in [0, 0.1) is 12.3 Å². The van der Waals surface area contributed by atoms with Crippen molar-refractivity contribution in [1.82, 2.24) is 15.5 Å². The second-order valence-corrected chi connectivity index (χ2v) is 4.09. The molecule has 0 radical (unpaired) electrons. The molecule has 0 aliphatic heterocycles. The van der Waals surface area contributed by atoms with Gasteiger partial charge < -0.3 is 10.1 Å². The molecular formula is C15H13N3O3. The minimum atomic E-state index is -0.652. The van der Waals surface area contributed by atoms with Gasteiger partial charge in [-0.1, -0.05) is 36.3 Å². The number of H-pyrrole nitrogens is 1. The summed E-state index contributed by atoms with van der Waals surface area (Å²) in [7, 11) is 0. The maximum absolute atomic E-state index is 11.8. The maximum atomic E-state index is 11.8. The van der Waals surface area contributed by atoms with Crippen LogP contribution in [-0.4, -0.2) is 35.2 Å². The van der Waals surface area contributed by atoms with E-state index in [-0.39, 0.29) is 18.8 Å². The van der Waals surface area contributed by atoms with Crippen molar-refractivity contribution < 1.29 is 14.3 Å². The Kier molecular flexibility index (Phi) is 4.72. The van der Waals surface area contributed by atoms with Gasteiger partial charge in [0, 0.05) is 5.56 Å². The van der Waals surface area contributed by atoms with Gasteiger partial charge in [0.15, 0.2) is 6.61 Å². The van der Waals surface area contributed by atoms with Gasteiger partial charge in [0.25, 0.3) is 5.91 Å². The molecule has 0 aliphatic rings. The second kappa shape index (κ2) is 6.91. The van der Waals surface area contributed by atoms with Crippen molar-refractivity contribution in [3.05, 3.63) is 42.1 Å². The van der Waals surface area contributed by atoms with E-state index < -0.39 is 11.9 Å². The first-order valence-corrected chi connectivity index (χ1v) is 6.19. The van der Waals surface area contributed by atoms with E-state index in [1.54, 1.807) is 6.07 Å². The number of hydrogen-bond acceptors (Lipinski definition) is 4. The van der Waals surface area contributed by atoms with E-state index in [9.17, 15) is 9.59 Å². The summed E-state index contributed by atoms with van der Waals surface area (Å²) in [6, 6.07) is 10.9. The number of carbonyl (C=O) groups excluding carboxylic acids is 2. The van der Waals surface area contributed by atoms with E-state index in [1.165, 1.54) is 0 Å². The molecule has 0 fully saturated rings.